The molecule has 0 aliphatic heterocycles. The zero-order valence-corrected chi connectivity index (χ0v) is 60.5. The number of unbranched alkanes of at least 4 members (excludes halogenated alkanes) is 46. The van der Waals surface area contributed by atoms with E-state index >= 15 is 0 Å². The molecule has 0 spiro atoms. The Bertz CT molecular complexity index is 1730. The minimum absolute atomic E-state index is 0.00616. The van der Waals surface area contributed by atoms with Crippen molar-refractivity contribution in [3.63, 3.8) is 0 Å². The molecule has 0 saturated heterocycles. The molecule has 0 bridgehead atoms. The van der Waals surface area contributed by atoms with E-state index in [1.54, 1.807) is 6.08 Å². The molecule has 3 unspecified atom stereocenters. The van der Waals surface area contributed by atoms with Crippen LogP contribution in [-0.4, -0.2) is 68.5 Å². The molecule has 0 aliphatic rings. The van der Waals surface area contributed by atoms with E-state index in [0.29, 0.717) is 17.4 Å². The van der Waals surface area contributed by atoms with Crippen molar-refractivity contribution in [2.24, 2.45) is 0 Å². The summed E-state index contributed by atoms with van der Waals surface area (Å²) in [5.74, 6) is -0.201. The van der Waals surface area contributed by atoms with Gasteiger partial charge in [-0.05, 0) is 77.0 Å². The van der Waals surface area contributed by atoms with E-state index in [1.807, 2.05) is 27.2 Å². The Morgan fingerprint density at radius 2 is 0.697 bits per heavy atom. The van der Waals surface area contributed by atoms with Crippen molar-refractivity contribution >= 4 is 13.7 Å². The minimum atomic E-state index is -4.62. The molecule has 2 N–H and O–H groups in total. The van der Waals surface area contributed by atoms with Crippen LogP contribution < -0.4 is 10.2 Å². The highest BCUT2D eigenvalue weighted by Crippen LogP contribution is 2.38. The minimum Gasteiger partial charge on any atom is -0.756 e. The summed E-state index contributed by atoms with van der Waals surface area (Å²) in [4.78, 5) is 25.7. The predicted octanol–water partition coefficient (Wildman–Crippen LogP) is 24.4. The quantitative estimate of drug-likeness (QED) is 0.0272. The predicted molar refractivity (Wildman–Crippen MR) is 390 cm³/mol. The number of hydrogen-bond acceptors (Lipinski definition) is 6. The molecule has 0 aromatic carbocycles. The van der Waals surface area contributed by atoms with E-state index in [4.69, 9.17) is 9.05 Å². The highest BCUT2D eigenvalue weighted by atomic mass is 31.2. The number of quaternary nitrogens is 1. The number of phosphoric ester groups is 1. The van der Waals surface area contributed by atoms with Crippen molar-refractivity contribution < 1.29 is 32.9 Å². The highest BCUT2D eigenvalue weighted by Gasteiger charge is 2.23. The van der Waals surface area contributed by atoms with E-state index in [9.17, 15) is 19.4 Å². The van der Waals surface area contributed by atoms with Gasteiger partial charge >= 0.3 is 0 Å². The van der Waals surface area contributed by atoms with E-state index in [2.05, 4.69) is 92.1 Å². The summed E-state index contributed by atoms with van der Waals surface area (Å²) < 4.78 is 23.5. The molecule has 9 heteroatoms. The topological polar surface area (TPSA) is 108 Å². The third-order valence-electron chi connectivity index (χ3n) is 17.3. The van der Waals surface area contributed by atoms with Crippen LogP contribution in [0.15, 0.2) is 85.1 Å². The molecule has 520 valence electrons. The van der Waals surface area contributed by atoms with Gasteiger partial charge in [0.05, 0.1) is 39.9 Å². The maximum absolute atomic E-state index is 13.1. The molecule has 89 heavy (non-hydrogen) atoms. The highest BCUT2D eigenvalue weighted by molar-refractivity contribution is 7.45. The zero-order chi connectivity index (χ0) is 64.8. The van der Waals surface area contributed by atoms with Gasteiger partial charge in [-0.2, -0.15) is 0 Å². The number of hydrogen-bond donors (Lipinski definition) is 2. The maximum Gasteiger partial charge on any atom is 0.268 e. The van der Waals surface area contributed by atoms with Crippen LogP contribution in [0, 0.1) is 0 Å². The van der Waals surface area contributed by atoms with Gasteiger partial charge in [0.25, 0.3) is 7.82 Å². The van der Waals surface area contributed by atoms with Gasteiger partial charge in [-0.15, -0.1) is 0 Å². The second-order valence-electron chi connectivity index (χ2n) is 27.3. The number of rotatable bonds is 71. The van der Waals surface area contributed by atoms with Crippen LogP contribution in [-0.2, 0) is 18.4 Å². The SMILES string of the molecule is CC/C=C\C/C=C\C/C=C\C/C=C\C/C=C\CCCCCCCCCCCCCCCCCCCCCCCCCCCC(=O)NC(COP(=O)([O-])OCC[N+](C)(C)C)C(O)/C=C/CC/C=C/CCCCCCCCCCCCCCCCCCCCCC. The first-order valence-corrected chi connectivity index (χ1v) is 39.9. The summed E-state index contributed by atoms with van der Waals surface area (Å²) >= 11 is 0. The largest absolute Gasteiger partial charge is 0.756 e. The molecule has 0 radical (unpaired) electrons. The smallest absolute Gasteiger partial charge is 0.268 e. The summed E-state index contributed by atoms with van der Waals surface area (Å²) in [5, 5.41) is 14.0. The van der Waals surface area contributed by atoms with Crippen molar-refractivity contribution in [1.29, 1.82) is 0 Å². The summed E-state index contributed by atoms with van der Waals surface area (Å²) in [6.07, 6.45) is 100. The number of likely N-dealkylation sites (N-methyl/N-ethyl adjacent to an activating group) is 1. The standard InChI is InChI=1S/C80H149N2O6P/c1-6-8-10-12-14-16-18-20-22-24-26-28-30-32-34-35-36-37-38-39-40-41-42-43-44-45-46-47-48-50-52-54-56-58-60-62-64-66-68-70-72-74-80(84)81-78(77-88-89(85,86)87-76-75-82(3,4)5)79(83)73-71-69-67-65-63-61-59-57-55-53-51-49-33-31-29-27-25-23-21-19-17-15-13-11-9-7-2/h8,10,14,16,20,22,26,28,32,34,63,65,71,73,78-79,83H,6-7,9,11-13,15,17-19,21,23-25,27,29-31,33,35-62,64,66-70,72,74-77H2,1-5H3,(H-,81,84,85,86)/b10-8-,16-14-,22-20-,28-26-,34-32-,65-63+,73-71+. The maximum atomic E-state index is 13.1. The lowest BCUT2D eigenvalue weighted by Crippen LogP contribution is -2.45. The van der Waals surface area contributed by atoms with Gasteiger partial charge < -0.3 is 28.8 Å². The van der Waals surface area contributed by atoms with Gasteiger partial charge in [-0.25, -0.2) is 0 Å². The van der Waals surface area contributed by atoms with Crippen LogP contribution in [0.4, 0.5) is 0 Å². The average Bonchev–Trinajstić information content (AvgIpc) is 3.61. The number of allylic oxidation sites excluding steroid dienone is 13. The van der Waals surface area contributed by atoms with Gasteiger partial charge in [-0.1, -0.05) is 369 Å². The van der Waals surface area contributed by atoms with Gasteiger partial charge in [-0.3, -0.25) is 9.36 Å². The van der Waals surface area contributed by atoms with Crippen molar-refractivity contribution in [3.05, 3.63) is 85.1 Å². The lowest BCUT2D eigenvalue weighted by molar-refractivity contribution is -0.870. The van der Waals surface area contributed by atoms with Crippen molar-refractivity contribution in [2.45, 2.75) is 379 Å². The molecular weight excluding hydrogens is 1120 g/mol. The van der Waals surface area contributed by atoms with E-state index in [-0.39, 0.29) is 12.5 Å². The van der Waals surface area contributed by atoms with Crippen molar-refractivity contribution in [1.82, 2.24) is 5.32 Å². The first-order chi connectivity index (χ1) is 43.5. The Balaban J connectivity index is 3.96. The zero-order valence-electron chi connectivity index (χ0n) is 59.6. The summed E-state index contributed by atoms with van der Waals surface area (Å²) in [6.45, 7) is 4.56. The number of nitrogens with zero attached hydrogens (tertiary/aromatic N) is 1. The molecule has 0 fully saturated rings. The number of nitrogens with one attached hydrogen (secondary N) is 1. The first kappa shape index (κ1) is 86.7. The molecule has 0 aliphatic carbocycles. The Hall–Kier alpha value is -2.32. The normalized spacial score (nSPS) is 14.0. The number of amides is 1. The van der Waals surface area contributed by atoms with Crippen LogP contribution in [0.3, 0.4) is 0 Å². The lowest BCUT2D eigenvalue weighted by Gasteiger charge is -2.29. The van der Waals surface area contributed by atoms with Crippen LogP contribution >= 0.6 is 7.82 Å². The van der Waals surface area contributed by atoms with E-state index < -0.39 is 26.6 Å². The second-order valence-corrected chi connectivity index (χ2v) is 28.7. The number of phosphoric acid groups is 1. The monoisotopic (exact) mass is 1270 g/mol. The van der Waals surface area contributed by atoms with Crippen LogP contribution in [0.25, 0.3) is 0 Å². The summed E-state index contributed by atoms with van der Waals surface area (Å²) in [6, 6.07) is -0.906. The molecule has 1 amide bonds. The van der Waals surface area contributed by atoms with E-state index in [1.165, 1.54) is 276 Å². The molecule has 8 nitrogen and oxygen atoms in total. The van der Waals surface area contributed by atoms with E-state index in [0.717, 1.165) is 70.6 Å². The Kier molecular flexibility index (Phi) is 68.2. The van der Waals surface area contributed by atoms with Crippen LogP contribution in [0.2, 0.25) is 0 Å². The van der Waals surface area contributed by atoms with Crippen molar-refractivity contribution in [2.75, 3.05) is 40.9 Å². The van der Waals surface area contributed by atoms with Crippen molar-refractivity contribution in [3.8, 4) is 0 Å². The molecule has 0 heterocycles. The third kappa shape index (κ3) is 73.0. The molecule has 3 atom stereocenters. The Labute approximate surface area is 554 Å². The Morgan fingerprint density at radius 3 is 1.04 bits per heavy atom. The number of aliphatic hydroxyl groups excluding tert-OH is 1. The lowest BCUT2D eigenvalue weighted by atomic mass is 10.0. The van der Waals surface area contributed by atoms with Gasteiger partial charge in [0, 0.05) is 6.42 Å². The molecule has 0 rings (SSSR count). The fraction of sp³-hybridized carbons (Fsp3) is 0.812. The fourth-order valence-corrected chi connectivity index (χ4v) is 12.2. The van der Waals surface area contributed by atoms with Gasteiger partial charge in [0.1, 0.15) is 13.2 Å². The Morgan fingerprint density at radius 1 is 0.404 bits per heavy atom. The number of carbonyl (C=O) groups excluding carboxylic acids is 1. The number of carbonyl (C=O) groups is 1. The first-order valence-electron chi connectivity index (χ1n) is 38.4. The average molecular weight is 1270 g/mol. The molecular formula is C80H149N2O6P. The summed E-state index contributed by atoms with van der Waals surface area (Å²) in [5.41, 5.74) is 0. The summed E-state index contributed by atoms with van der Waals surface area (Å²) in [7, 11) is 1.26. The number of aliphatic hydroxyl groups is 1. The molecule has 0 aromatic heterocycles. The molecule has 0 saturated carbocycles. The van der Waals surface area contributed by atoms with Crippen LogP contribution in [0.1, 0.15) is 367 Å². The second kappa shape index (κ2) is 70.0. The van der Waals surface area contributed by atoms with Gasteiger partial charge in [0.2, 0.25) is 5.91 Å². The van der Waals surface area contributed by atoms with Crippen LogP contribution in [0.5, 0.6) is 0 Å². The third-order valence-corrected chi connectivity index (χ3v) is 18.3. The molecule has 0 aromatic rings. The van der Waals surface area contributed by atoms with Gasteiger partial charge in [0.15, 0.2) is 0 Å². The fourth-order valence-electron chi connectivity index (χ4n) is 11.4.